The molecule has 0 radical (unpaired) electrons. The molecule has 1 aliphatic heterocycles. The molecule has 5 aromatic rings. The van der Waals surface area contributed by atoms with E-state index < -0.39 is 0 Å². The molecule has 2 aromatic carbocycles. The third-order valence-corrected chi connectivity index (χ3v) is 7.16. The van der Waals surface area contributed by atoms with Crippen LogP contribution in [0.3, 0.4) is 0 Å². The summed E-state index contributed by atoms with van der Waals surface area (Å²) in [5, 5.41) is 9.75. The van der Waals surface area contributed by atoms with Crippen molar-refractivity contribution in [1.82, 2.24) is 14.8 Å². The summed E-state index contributed by atoms with van der Waals surface area (Å²) in [6, 6.07) is 20.4. The topological polar surface area (TPSA) is 69.0 Å². The van der Waals surface area contributed by atoms with Crippen molar-refractivity contribution < 1.29 is 9.53 Å². The van der Waals surface area contributed by atoms with Gasteiger partial charge in [0.25, 0.3) is 5.91 Å². The first-order chi connectivity index (χ1) is 16.3. The number of aromatic nitrogens is 3. The first-order valence-electron chi connectivity index (χ1n) is 11.1. The lowest BCUT2D eigenvalue weighted by Crippen LogP contribution is -2.20. The lowest BCUT2D eigenvalue weighted by atomic mass is 10.1. The number of carbonyl (C=O) groups excluding carboxylic acids is 1. The van der Waals surface area contributed by atoms with Gasteiger partial charge in [0.2, 0.25) is 0 Å². The molecule has 1 N–H and O–H groups in total. The number of nitrogens with one attached hydrogen (secondary N) is 1. The van der Waals surface area contributed by atoms with E-state index >= 15 is 0 Å². The first-order valence-corrected chi connectivity index (χ1v) is 11.9. The number of ether oxygens (including phenoxy) is 1. The van der Waals surface area contributed by atoms with Crippen molar-refractivity contribution in [3.8, 4) is 10.4 Å². The van der Waals surface area contributed by atoms with E-state index in [1.54, 1.807) is 35.9 Å². The van der Waals surface area contributed by atoms with Gasteiger partial charge in [-0.25, -0.2) is 4.68 Å². The van der Waals surface area contributed by atoms with Gasteiger partial charge in [-0.1, -0.05) is 24.3 Å². The lowest BCUT2D eigenvalue weighted by molar-refractivity contribution is -0.0367. The number of amides is 1. The minimum Gasteiger partial charge on any atom is -0.356 e. The van der Waals surface area contributed by atoms with Crippen LogP contribution in [0.25, 0.3) is 31.4 Å². The van der Waals surface area contributed by atoms with Crippen LogP contribution in [-0.2, 0) is 4.74 Å². The molecule has 6 rings (SSSR count). The fraction of sp³-hybridized carbons (Fsp3) is 0.192. The molecule has 1 aliphatic rings. The van der Waals surface area contributed by atoms with Crippen LogP contribution in [0.2, 0.25) is 0 Å². The summed E-state index contributed by atoms with van der Waals surface area (Å²) in [4.78, 5) is 18.5. The molecule has 3 aromatic heterocycles. The summed E-state index contributed by atoms with van der Waals surface area (Å²) in [5.74, 6) is -0.241. The minimum atomic E-state index is -0.241. The van der Waals surface area contributed by atoms with E-state index in [1.807, 2.05) is 4.68 Å². The van der Waals surface area contributed by atoms with E-state index in [4.69, 9.17) is 9.84 Å². The third kappa shape index (κ3) is 3.79. The van der Waals surface area contributed by atoms with Gasteiger partial charge < -0.3 is 10.1 Å². The highest BCUT2D eigenvalue weighted by Gasteiger charge is 2.24. The number of rotatable bonds is 4. The predicted molar refractivity (Wildman–Crippen MR) is 132 cm³/mol. The summed E-state index contributed by atoms with van der Waals surface area (Å²) >= 11 is 1.75. The number of nitrogens with zero attached hydrogens (tertiary/aromatic N) is 3. The van der Waals surface area contributed by atoms with Gasteiger partial charge in [-0.15, -0.1) is 11.3 Å². The van der Waals surface area contributed by atoms with Crippen LogP contribution in [0, 0.1) is 0 Å². The fourth-order valence-corrected chi connectivity index (χ4v) is 5.41. The Bertz CT molecular complexity index is 1420. The highest BCUT2D eigenvalue weighted by atomic mass is 32.1. The SMILES string of the molecule is O=C(Nc1ccncc1)c1nn(C2CCCCO2)c2ccc(-c3cc4ccccc4s3)cc12. The minimum absolute atomic E-state index is 0.154. The fourth-order valence-electron chi connectivity index (χ4n) is 4.35. The molecule has 0 saturated carbocycles. The van der Waals surface area contributed by atoms with Crippen molar-refractivity contribution >= 4 is 43.9 Å². The number of hydrogen-bond donors (Lipinski definition) is 1. The van der Waals surface area contributed by atoms with Gasteiger partial charge >= 0.3 is 0 Å². The molecule has 164 valence electrons. The van der Waals surface area contributed by atoms with Crippen LogP contribution in [0.1, 0.15) is 36.0 Å². The van der Waals surface area contributed by atoms with Crippen molar-refractivity contribution in [3.63, 3.8) is 0 Å². The van der Waals surface area contributed by atoms with Gasteiger partial charge in [0.15, 0.2) is 11.9 Å². The van der Waals surface area contributed by atoms with E-state index in [0.717, 1.165) is 35.7 Å². The van der Waals surface area contributed by atoms with Crippen LogP contribution in [0.5, 0.6) is 0 Å². The number of benzene rings is 2. The summed E-state index contributed by atoms with van der Waals surface area (Å²) < 4.78 is 9.13. The number of carbonyl (C=O) groups is 1. The van der Waals surface area contributed by atoms with Crippen LogP contribution < -0.4 is 5.32 Å². The van der Waals surface area contributed by atoms with E-state index in [0.29, 0.717) is 18.0 Å². The number of hydrogen-bond acceptors (Lipinski definition) is 5. The van der Waals surface area contributed by atoms with Crippen LogP contribution in [0.15, 0.2) is 73.1 Å². The number of fused-ring (bicyclic) bond motifs is 2. The van der Waals surface area contributed by atoms with Gasteiger partial charge in [0, 0.05) is 39.7 Å². The molecule has 0 spiro atoms. The van der Waals surface area contributed by atoms with Gasteiger partial charge in [-0.2, -0.15) is 5.10 Å². The monoisotopic (exact) mass is 454 g/mol. The molecular formula is C26H22N4O2S. The average molecular weight is 455 g/mol. The van der Waals surface area contributed by atoms with Crippen molar-refractivity contribution in [3.05, 3.63) is 78.8 Å². The Balaban J connectivity index is 1.46. The maximum atomic E-state index is 13.3. The van der Waals surface area contributed by atoms with Gasteiger partial charge in [0.05, 0.1) is 5.52 Å². The molecule has 33 heavy (non-hydrogen) atoms. The van der Waals surface area contributed by atoms with Crippen molar-refractivity contribution in [1.29, 1.82) is 0 Å². The summed E-state index contributed by atoms with van der Waals surface area (Å²) in [6.07, 6.45) is 6.19. The van der Waals surface area contributed by atoms with E-state index in [9.17, 15) is 4.79 Å². The molecule has 0 bridgehead atoms. The van der Waals surface area contributed by atoms with E-state index in [1.165, 1.54) is 15.0 Å². The molecule has 6 nitrogen and oxygen atoms in total. The lowest BCUT2D eigenvalue weighted by Gasteiger charge is -2.23. The predicted octanol–water partition coefficient (Wildman–Crippen LogP) is 6.26. The zero-order valence-corrected chi connectivity index (χ0v) is 18.7. The summed E-state index contributed by atoms with van der Waals surface area (Å²) in [7, 11) is 0. The Morgan fingerprint density at radius 2 is 1.94 bits per heavy atom. The van der Waals surface area contributed by atoms with E-state index in [2.05, 4.69) is 58.8 Å². The smallest absolute Gasteiger partial charge is 0.276 e. The molecule has 1 saturated heterocycles. The summed E-state index contributed by atoms with van der Waals surface area (Å²) in [5.41, 5.74) is 3.07. The Hall–Kier alpha value is -3.55. The molecule has 7 heteroatoms. The Kier molecular flexibility index (Phi) is 5.13. The maximum absolute atomic E-state index is 13.3. The van der Waals surface area contributed by atoms with E-state index in [-0.39, 0.29) is 12.1 Å². The van der Waals surface area contributed by atoms with Crippen molar-refractivity contribution in [2.24, 2.45) is 0 Å². The molecule has 1 amide bonds. The Morgan fingerprint density at radius 3 is 2.76 bits per heavy atom. The summed E-state index contributed by atoms with van der Waals surface area (Å²) in [6.45, 7) is 0.713. The normalized spacial score (nSPS) is 16.3. The zero-order valence-electron chi connectivity index (χ0n) is 17.9. The zero-order chi connectivity index (χ0) is 22.2. The molecule has 1 unspecified atom stereocenters. The number of anilines is 1. The highest BCUT2D eigenvalue weighted by molar-refractivity contribution is 7.22. The quantitative estimate of drug-likeness (QED) is 0.348. The van der Waals surface area contributed by atoms with Crippen molar-refractivity contribution in [2.75, 3.05) is 11.9 Å². The molecule has 1 fully saturated rings. The largest absolute Gasteiger partial charge is 0.356 e. The van der Waals surface area contributed by atoms with Gasteiger partial charge in [0.1, 0.15) is 0 Å². The molecule has 0 aliphatic carbocycles. The number of pyridine rings is 1. The van der Waals surface area contributed by atoms with Gasteiger partial charge in [-0.3, -0.25) is 9.78 Å². The van der Waals surface area contributed by atoms with Crippen LogP contribution in [0.4, 0.5) is 5.69 Å². The standard InChI is InChI=1S/C26H22N4O2S/c31-26(28-19-10-12-27-13-11-19)25-20-15-18(23-16-17-5-1-2-6-22(17)33-23)8-9-21(20)30(29-25)24-7-3-4-14-32-24/h1-2,5-6,8-13,15-16,24H,3-4,7,14H2,(H,27,28,31). The maximum Gasteiger partial charge on any atom is 0.276 e. The van der Waals surface area contributed by atoms with Gasteiger partial charge in [-0.05, 0) is 66.6 Å². The second-order valence-electron chi connectivity index (χ2n) is 8.18. The Labute approximate surface area is 194 Å². The molecular weight excluding hydrogens is 432 g/mol. The average Bonchev–Trinajstić information content (AvgIpc) is 3.47. The molecule has 4 heterocycles. The highest BCUT2D eigenvalue weighted by Crippen LogP contribution is 2.36. The van der Waals surface area contributed by atoms with Crippen molar-refractivity contribution in [2.45, 2.75) is 25.5 Å². The second kappa shape index (κ2) is 8.42. The Morgan fingerprint density at radius 1 is 1.06 bits per heavy atom. The second-order valence-corrected chi connectivity index (χ2v) is 9.27. The third-order valence-electron chi connectivity index (χ3n) is 6.00. The van der Waals surface area contributed by atoms with Crippen LogP contribution in [-0.4, -0.2) is 27.3 Å². The van der Waals surface area contributed by atoms with Crippen LogP contribution >= 0.6 is 11.3 Å². The molecule has 1 atom stereocenters. The first kappa shape index (κ1) is 20.1. The number of thiophene rings is 1.